The van der Waals surface area contributed by atoms with Gasteiger partial charge in [-0.1, -0.05) is 13.3 Å². The standard InChI is InChI=1S/C14H18N2O4S/c1-4-5-6-20-13(18)9(3)16-12(17)10-7-8(2)21-11(10)15-14(16)19/h7,9H,4-6H2,1-3H3,(H,15,19). The number of aromatic amines is 1. The summed E-state index contributed by atoms with van der Waals surface area (Å²) < 4.78 is 6.00. The predicted molar refractivity (Wildman–Crippen MR) is 82.0 cm³/mol. The van der Waals surface area contributed by atoms with E-state index in [1.807, 2.05) is 13.8 Å². The summed E-state index contributed by atoms with van der Waals surface area (Å²) in [6.07, 6.45) is 1.66. The third-order valence-corrected chi connectivity index (χ3v) is 4.18. The van der Waals surface area contributed by atoms with Gasteiger partial charge >= 0.3 is 11.7 Å². The van der Waals surface area contributed by atoms with Gasteiger partial charge in [0.2, 0.25) is 0 Å². The van der Waals surface area contributed by atoms with E-state index in [-0.39, 0.29) is 0 Å². The number of ether oxygens (including phenoxy) is 1. The molecule has 2 heterocycles. The van der Waals surface area contributed by atoms with Crippen LogP contribution in [-0.4, -0.2) is 22.1 Å². The second kappa shape index (κ2) is 6.26. The highest BCUT2D eigenvalue weighted by atomic mass is 32.1. The first-order valence-corrected chi connectivity index (χ1v) is 7.69. The lowest BCUT2D eigenvalue weighted by Gasteiger charge is -2.13. The number of unbranched alkanes of at least 4 members (excludes halogenated alkanes) is 1. The molecule has 0 saturated carbocycles. The van der Waals surface area contributed by atoms with Crippen molar-refractivity contribution in [3.05, 3.63) is 31.8 Å². The summed E-state index contributed by atoms with van der Waals surface area (Å²) in [5.74, 6) is -0.567. The molecule has 0 aliphatic rings. The van der Waals surface area contributed by atoms with Crippen LogP contribution < -0.4 is 11.2 Å². The summed E-state index contributed by atoms with van der Waals surface area (Å²) in [4.78, 5) is 40.5. The number of carbonyl (C=O) groups excluding carboxylic acids is 1. The van der Waals surface area contributed by atoms with E-state index < -0.39 is 23.3 Å². The molecule has 1 unspecified atom stereocenters. The highest BCUT2D eigenvalue weighted by Crippen LogP contribution is 2.19. The number of fused-ring (bicyclic) bond motifs is 1. The Labute approximate surface area is 125 Å². The number of aryl methyl sites for hydroxylation is 1. The molecule has 1 atom stereocenters. The molecule has 114 valence electrons. The topological polar surface area (TPSA) is 81.2 Å². The van der Waals surface area contributed by atoms with Crippen LogP contribution in [0.5, 0.6) is 0 Å². The van der Waals surface area contributed by atoms with Crippen LogP contribution in [0.4, 0.5) is 0 Å². The van der Waals surface area contributed by atoms with Gasteiger partial charge < -0.3 is 4.74 Å². The Bertz CT molecular complexity index is 771. The van der Waals surface area contributed by atoms with Crippen molar-refractivity contribution in [2.75, 3.05) is 6.61 Å². The Kier molecular flexibility index (Phi) is 4.62. The van der Waals surface area contributed by atoms with Crippen molar-refractivity contribution in [3.63, 3.8) is 0 Å². The third-order valence-electron chi connectivity index (χ3n) is 3.21. The molecule has 0 aromatic carbocycles. The van der Waals surface area contributed by atoms with Gasteiger partial charge in [0.1, 0.15) is 10.9 Å². The number of hydrogen-bond donors (Lipinski definition) is 1. The summed E-state index contributed by atoms with van der Waals surface area (Å²) in [5, 5.41) is 0.422. The van der Waals surface area contributed by atoms with E-state index in [0.29, 0.717) is 16.8 Å². The summed E-state index contributed by atoms with van der Waals surface area (Å²) in [7, 11) is 0. The maximum Gasteiger partial charge on any atom is 0.330 e. The maximum absolute atomic E-state index is 12.4. The number of carbonyl (C=O) groups is 1. The van der Waals surface area contributed by atoms with Crippen LogP contribution in [0, 0.1) is 6.92 Å². The lowest BCUT2D eigenvalue weighted by molar-refractivity contribution is -0.147. The number of aromatic nitrogens is 2. The van der Waals surface area contributed by atoms with E-state index in [9.17, 15) is 14.4 Å². The Morgan fingerprint density at radius 2 is 2.19 bits per heavy atom. The molecule has 0 spiro atoms. The molecule has 2 rings (SSSR count). The zero-order valence-electron chi connectivity index (χ0n) is 12.3. The minimum Gasteiger partial charge on any atom is -0.464 e. The molecule has 2 aromatic rings. The quantitative estimate of drug-likeness (QED) is 0.676. The molecule has 0 radical (unpaired) electrons. The van der Waals surface area contributed by atoms with Crippen LogP contribution in [0.25, 0.3) is 10.2 Å². The molecule has 0 amide bonds. The van der Waals surface area contributed by atoms with Gasteiger partial charge in [0.05, 0.1) is 12.0 Å². The van der Waals surface area contributed by atoms with E-state index >= 15 is 0 Å². The zero-order chi connectivity index (χ0) is 15.6. The molecular weight excluding hydrogens is 292 g/mol. The Balaban J connectivity index is 2.39. The highest BCUT2D eigenvalue weighted by Gasteiger charge is 2.22. The van der Waals surface area contributed by atoms with Gasteiger partial charge in [-0.3, -0.25) is 9.78 Å². The van der Waals surface area contributed by atoms with Gasteiger partial charge in [-0.2, -0.15) is 0 Å². The molecule has 1 N–H and O–H groups in total. The zero-order valence-corrected chi connectivity index (χ0v) is 13.1. The van der Waals surface area contributed by atoms with E-state index in [1.54, 1.807) is 6.07 Å². The second-order valence-electron chi connectivity index (χ2n) is 4.90. The smallest absolute Gasteiger partial charge is 0.330 e. The van der Waals surface area contributed by atoms with Crippen molar-refractivity contribution in [3.8, 4) is 0 Å². The first kappa shape index (κ1) is 15.5. The number of nitrogens with one attached hydrogen (secondary N) is 1. The normalized spacial score (nSPS) is 12.5. The minimum atomic E-state index is -0.942. The largest absolute Gasteiger partial charge is 0.464 e. The van der Waals surface area contributed by atoms with Crippen LogP contribution >= 0.6 is 11.3 Å². The molecule has 0 aliphatic carbocycles. The van der Waals surface area contributed by atoms with Crippen LogP contribution in [0.15, 0.2) is 15.7 Å². The fourth-order valence-electron chi connectivity index (χ4n) is 2.04. The number of esters is 1. The molecule has 6 nitrogen and oxygen atoms in total. The van der Waals surface area contributed by atoms with Gasteiger partial charge in [0, 0.05) is 4.88 Å². The average Bonchev–Trinajstić information content (AvgIpc) is 2.79. The fraction of sp³-hybridized carbons (Fsp3) is 0.500. The lowest BCUT2D eigenvalue weighted by Crippen LogP contribution is -2.40. The molecular formula is C14H18N2O4S. The SMILES string of the molecule is CCCCOC(=O)C(C)n1c(=O)[nH]c2sc(C)cc2c1=O. The van der Waals surface area contributed by atoms with Gasteiger partial charge in [0.15, 0.2) is 0 Å². The Morgan fingerprint density at radius 3 is 2.86 bits per heavy atom. The van der Waals surface area contributed by atoms with Crippen LogP contribution in [-0.2, 0) is 9.53 Å². The fourth-order valence-corrected chi connectivity index (χ4v) is 2.93. The monoisotopic (exact) mass is 310 g/mol. The molecule has 0 bridgehead atoms. The van der Waals surface area contributed by atoms with E-state index in [2.05, 4.69) is 4.98 Å². The average molecular weight is 310 g/mol. The molecule has 7 heteroatoms. The molecule has 0 saturated heterocycles. The summed E-state index contributed by atoms with van der Waals surface area (Å²) in [6, 6.07) is 0.770. The van der Waals surface area contributed by atoms with Crippen molar-refractivity contribution in [1.82, 2.24) is 9.55 Å². The third kappa shape index (κ3) is 3.07. The molecule has 2 aromatic heterocycles. The highest BCUT2D eigenvalue weighted by molar-refractivity contribution is 7.18. The first-order chi connectivity index (χ1) is 9.95. The van der Waals surface area contributed by atoms with Crippen molar-refractivity contribution in [2.24, 2.45) is 0 Å². The van der Waals surface area contributed by atoms with Gasteiger partial charge in [0.25, 0.3) is 5.56 Å². The van der Waals surface area contributed by atoms with E-state index in [4.69, 9.17) is 4.74 Å². The van der Waals surface area contributed by atoms with Crippen molar-refractivity contribution < 1.29 is 9.53 Å². The summed E-state index contributed by atoms with van der Waals surface area (Å²) in [6.45, 7) is 5.64. The predicted octanol–water partition coefficient (Wildman–Crippen LogP) is 1.96. The van der Waals surface area contributed by atoms with Crippen LogP contribution in [0.1, 0.15) is 37.6 Å². The lowest BCUT2D eigenvalue weighted by atomic mass is 10.3. The number of rotatable bonds is 5. The number of thiophene rings is 1. The van der Waals surface area contributed by atoms with Crippen molar-refractivity contribution in [2.45, 2.75) is 39.7 Å². The van der Waals surface area contributed by atoms with E-state index in [0.717, 1.165) is 22.3 Å². The number of nitrogens with zero attached hydrogens (tertiary/aromatic N) is 1. The Hall–Kier alpha value is -1.89. The van der Waals surface area contributed by atoms with Crippen molar-refractivity contribution in [1.29, 1.82) is 0 Å². The summed E-state index contributed by atoms with van der Waals surface area (Å²) in [5.41, 5.74) is -1.05. The van der Waals surface area contributed by atoms with E-state index in [1.165, 1.54) is 18.3 Å². The summed E-state index contributed by atoms with van der Waals surface area (Å²) >= 11 is 1.34. The van der Waals surface area contributed by atoms with Crippen molar-refractivity contribution >= 4 is 27.5 Å². The minimum absolute atomic E-state index is 0.298. The molecule has 0 fully saturated rings. The second-order valence-corrected chi connectivity index (χ2v) is 6.16. The van der Waals surface area contributed by atoms with Gasteiger partial charge in [-0.05, 0) is 26.3 Å². The maximum atomic E-state index is 12.4. The molecule has 0 aliphatic heterocycles. The van der Waals surface area contributed by atoms with Crippen LogP contribution in [0.3, 0.4) is 0 Å². The van der Waals surface area contributed by atoms with Gasteiger partial charge in [-0.15, -0.1) is 11.3 Å². The Morgan fingerprint density at radius 1 is 1.48 bits per heavy atom. The number of hydrogen-bond acceptors (Lipinski definition) is 5. The number of H-pyrrole nitrogens is 1. The van der Waals surface area contributed by atoms with Gasteiger partial charge in [-0.25, -0.2) is 14.2 Å². The van der Waals surface area contributed by atoms with Crippen LogP contribution in [0.2, 0.25) is 0 Å². The first-order valence-electron chi connectivity index (χ1n) is 6.87. The molecule has 21 heavy (non-hydrogen) atoms.